The Bertz CT molecular complexity index is 409. The van der Waals surface area contributed by atoms with E-state index in [4.69, 9.17) is 11.0 Å². The molecule has 0 spiro atoms. The molecule has 2 amide bonds. The molecule has 84 valence electrons. The lowest BCUT2D eigenvalue weighted by Crippen LogP contribution is -2.37. The van der Waals surface area contributed by atoms with Gasteiger partial charge < -0.3 is 16.4 Å². The maximum Gasteiger partial charge on any atom is 0.319 e. The predicted octanol–water partition coefficient (Wildman–Crippen LogP) is 1.03. The van der Waals surface area contributed by atoms with Gasteiger partial charge in [0, 0.05) is 18.3 Å². The van der Waals surface area contributed by atoms with Crippen molar-refractivity contribution >= 4 is 11.7 Å². The van der Waals surface area contributed by atoms with E-state index >= 15 is 0 Å². The number of urea groups is 1. The van der Waals surface area contributed by atoms with E-state index < -0.39 is 0 Å². The van der Waals surface area contributed by atoms with Gasteiger partial charge in [0.15, 0.2) is 0 Å². The summed E-state index contributed by atoms with van der Waals surface area (Å²) in [7, 11) is 0. The van der Waals surface area contributed by atoms with E-state index in [0.717, 1.165) is 0 Å². The first-order valence-corrected chi connectivity index (χ1v) is 4.92. The lowest BCUT2D eigenvalue weighted by Gasteiger charge is -2.09. The standard InChI is InChI=1S/C11H14N4O/c1-8(13)7-14-11(16)15-10-4-2-3-9(5-10)6-12/h2-5,8H,7,13H2,1H3,(H2,14,15,16). The normalized spacial score (nSPS) is 11.3. The van der Waals surface area contributed by atoms with E-state index in [-0.39, 0.29) is 12.1 Å². The molecule has 1 aromatic carbocycles. The van der Waals surface area contributed by atoms with Gasteiger partial charge in [-0.1, -0.05) is 6.07 Å². The average molecular weight is 218 g/mol. The summed E-state index contributed by atoms with van der Waals surface area (Å²) in [6.45, 7) is 2.21. The molecule has 0 aliphatic carbocycles. The molecule has 5 nitrogen and oxygen atoms in total. The van der Waals surface area contributed by atoms with Crippen molar-refractivity contribution in [1.82, 2.24) is 5.32 Å². The number of carbonyl (C=O) groups excluding carboxylic acids is 1. The molecule has 0 saturated carbocycles. The van der Waals surface area contributed by atoms with Crippen molar-refractivity contribution in [2.45, 2.75) is 13.0 Å². The molecule has 1 aromatic rings. The third-order valence-corrected chi connectivity index (χ3v) is 1.83. The number of nitrogens with zero attached hydrogens (tertiary/aromatic N) is 1. The molecule has 1 rings (SSSR count). The topological polar surface area (TPSA) is 90.9 Å². The Morgan fingerprint density at radius 2 is 2.38 bits per heavy atom. The molecule has 0 fully saturated rings. The van der Waals surface area contributed by atoms with Gasteiger partial charge in [0.05, 0.1) is 11.6 Å². The molecule has 0 bridgehead atoms. The van der Waals surface area contributed by atoms with Crippen LogP contribution in [0.15, 0.2) is 24.3 Å². The van der Waals surface area contributed by atoms with Crippen LogP contribution in [-0.4, -0.2) is 18.6 Å². The number of carbonyl (C=O) groups is 1. The quantitative estimate of drug-likeness (QED) is 0.707. The molecule has 1 atom stereocenters. The van der Waals surface area contributed by atoms with Crippen LogP contribution in [0.3, 0.4) is 0 Å². The molecule has 16 heavy (non-hydrogen) atoms. The first-order chi connectivity index (χ1) is 7.61. The largest absolute Gasteiger partial charge is 0.336 e. The predicted molar refractivity (Wildman–Crippen MR) is 61.8 cm³/mol. The van der Waals surface area contributed by atoms with E-state index in [1.807, 2.05) is 6.07 Å². The molecular weight excluding hydrogens is 204 g/mol. The number of hydrogen-bond acceptors (Lipinski definition) is 3. The summed E-state index contributed by atoms with van der Waals surface area (Å²) in [5.41, 5.74) is 6.58. The number of rotatable bonds is 3. The Morgan fingerprint density at radius 3 is 3.00 bits per heavy atom. The minimum Gasteiger partial charge on any atom is -0.336 e. The third kappa shape index (κ3) is 3.98. The van der Waals surface area contributed by atoms with Crippen LogP contribution in [0, 0.1) is 11.3 Å². The number of amides is 2. The fraction of sp³-hybridized carbons (Fsp3) is 0.273. The molecule has 5 heteroatoms. The van der Waals surface area contributed by atoms with Crippen molar-refractivity contribution in [2.75, 3.05) is 11.9 Å². The highest BCUT2D eigenvalue weighted by Gasteiger charge is 2.02. The average Bonchev–Trinajstić information content (AvgIpc) is 2.26. The number of anilines is 1. The van der Waals surface area contributed by atoms with Crippen LogP contribution in [0.1, 0.15) is 12.5 Å². The Balaban J connectivity index is 2.53. The van der Waals surface area contributed by atoms with E-state index in [0.29, 0.717) is 17.8 Å². The van der Waals surface area contributed by atoms with Gasteiger partial charge in [-0.05, 0) is 25.1 Å². The Morgan fingerprint density at radius 1 is 1.62 bits per heavy atom. The first-order valence-electron chi connectivity index (χ1n) is 4.92. The van der Waals surface area contributed by atoms with Crippen LogP contribution in [-0.2, 0) is 0 Å². The summed E-state index contributed by atoms with van der Waals surface area (Å²) in [5, 5.41) is 13.9. The first kappa shape index (κ1) is 12.0. The van der Waals surface area contributed by atoms with Crippen molar-refractivity contribution in [2.24, 2.45) is 5.73 Å². The van der Waals surface area contributed by atoms with Crippen LogP contribution in [0.2, 0.25) is 0 Å². The lowest BCUT2D eigenvalue weighted by molar-refractivity contribution is 0.251. The summed E-state index contributed by atoms with van der Waals surface area (Å²) in [4.78, 5) is 11.4. The van der Waals surface area contributed by atoms with Crippen molar-refractivity contribution < 1.29 is 4.79 Å². The minimum atomic E-state index is -0.326. The fourth-order valence-corrected chi connectivity index (χ4v) is 1.10. The molecule has 0 saturated heterocycles. The van der Waals surface area contributed by atoms with E-state index in [1.54, 1.807) is 31.2 Å². The number of nitriles is 1. The van der Waals surface area contributed by atoms with Crippen LogP contribution < -0.4 is 16.4 Å². The van der Waals surface area contributed by atoms with Gasteiger partial charge >= 0.3 is 6.03 Å². The highest BCUT2D eigenvalue weighted by atomic mass is 16.2. The van der Waals surface area contributed by atoms with Crippen molar-refractivity contribution in [3.05, 3.63) is 29.8 Å². The maximum atomic E-state index is 11.4. The molecule has 4 N–H and O–H groups in total. The summed E-state index contributed by atoms with van der Waals surface area (Å²) in [5.74, 6) is 0. The second-order valence-corrected chi connectivity index (χ2v) is 3.50. The van der Waals surface area contributed by atoms with Gasteiger partial charge in [0.2, 0.25) is 0 Å². The van der Waals surface area contributed by atoms with Gasteiger partial charge in [0.25, 0.3) is 0 Å². The monoisotopic (exact) mass is 218 g/mol. The van der Waals surface area contributed by atoms with Crippen LogP contribution >= 0.6 is 0 Å². The second kappa shape index (κ2) is 5.73. The zero-order chi connectivity index (χ0) is 12.0. The zero-order valence-electron chi connectivity index (χ0n) is 9.03. The van der Waals surface area contributed by atoms with Crippen molar-refractivity contribution in [1.29, 1.82) is 5.26 Å². The highest BCUT2D eigenvalue weighted by molar-refractivity contribution is 5.89. The highest BCUT2D eigenvalue weighted by Crippen LogP contribution is 2.09. The summed E-state index contributed by atoms with van der Waals surface area (Å²) < 4.78 is 0. The van der Waals surface area contributed by atoms with Gasteiger partial charge in [-0.15, -0.1) is 0 Å². The number of benzene rings is 1. The van der Waals surface area contributed by atoms with Crippen LogP contribution in [0.4, 0.5) is 10.5 Å². The Kier molecular flexibility index (Phi) is 4.30. The SMILES string of the molecule is CC(N)CNC(=O)Nc1cccc(C#N)c1. The minimum absolute atomic E-state index is 0.0869. The molecule has 0 aliphatic rings. The van der Waals surface area contributed by atoms with Crippen molar-refractivity contribution in [3.63, 3.8) is 0 Å². The maximum absolute atomic E-state index is 11.4. The second-order valence-electron chi connectivity index (χ2n) is 3.50. The van der Waals surface area contributed by atoms with Crippen LogP contribution in [0.5, 0.6) is 0 Å². The molecule has 0 aliphatic heterocycles. The third-order valence-electron chi connectivity index (χ3n) is 1.83. The lowest BCUT2D eigenvalue weighted by atomic mass is 10.2. The van der Waals surface area contributed by atoms with E-state index in [1.165, 1.54) is 0 Å². The molecule has 0 heterocycles. The molecule has 1 unspecified atom stereocenters. The van der Waals surface area contributed by atoms with E-state index in [9.17, 15) is 4.79 Å². The zero-order valence-corrected chi connectivity index (χ0v) is 9.03. The Labute approximate surface area is 94.2 Å². The number of nitrogens with two attached hydrogens (primary N) is 1. The number of hydrogen-bond donors (Lipinski definition) is 3. The summed E-state index contributed by atoms with van der Waals surface area (Å²) >= 11 is 0. The Hall–Kier alpha value is -2.06. The van der Waals surface area contributed by atoms with Gasteiger partial charge in [0.1, 0.15) is 0 Å². The van der Waals surface area contributed by atoms with Gasteiger partial charge in [-0.3, -0.25) is 0 Å². The molecular formula is C11H14N4O. The fourth-order valence-electron chi connectivity index (χ4n) is 1.10. The molecule has 0 aromatic heterocycles. The van der Waals surface area contributed by atoms with E-state index in [2.05, 4.69) is 10.6 Å². The summed E-state index contributed by atoms with van der Waals surface area (Å²) in [6, 6.07) is 8.28. The van der Waals surface area contributed by atoms with Gasteiger partial charge in [-0.2, -0.15) is 5.26 Å². The number of nitrogens with one attached hydrogen (secondary N) is 2. The van der Waals surface area contributed by atoms with Crippen molar-refractivity contribution in [3.8, 4) is 6.07 Å². The molecule has 0 radical (unpaired) electrons. The van der Waals surface area contributed by atoms with Crippen LogP contribution in [0.25, 0.3) is 0 Å². The smallest absolute Gasteiger partial charge is 0.319 e. The summed E-state index contributed by atoms with van der Waals surface area (Å²) in [6.07, 6.45) is 0. The van der Waals surface area contributed by atoms with Gasteiger partial charge in [-0.25, -0.2) is 4.79 Å².